The summed E-state index contributed by atoms with van der Waals surface area (Å²) in [4.78, 5) is 10.7. The van der Waals surface area contributed by atoms with Gasteiger partial charge in [-0.1, -0.05) is 0 Å². The highest BCUT2D eigenvalue weighted by atomic mass is 16.6. The highest BCUT2D eigenvalue weighted by Gasteiger charge is 2.06. The maximum Gasteiger partial charge on any atom is 0.425 e. The highest BCUT2D eigenvalue weighted by molar-refractivity contribution is 5.70. The summed E-state index contributed by atoms with van der Waals surface area (Å²) in [6.45, 7) is 1.96. The molecule has 72 valence electrons. The van der Waals surface area contributed by atoms with Gasteiger partial charge in [0.1, 0.15) is 0 Å². The van der Waals surface area contributed by atoms with Gasteiger partial charge in [-0.3, -0.25) is 5.43 Å². The van der Waals surface area contributed by atoms with E-state index in [9.17, 15) is 4.79 Å². The molecule has 1 aromatic rings. The van der Waals surface area contributed by atoms with Crippen LogP contribution in [-0.4, -0.2) is 23.0 Å². The Hall–Kier alpha value is -1.99. The largest absolute Gasteiger partial charge is 0.449 e. The average Bonchev–Trinajstić information content (AvgIpc) is 2.48. The first-order chi connectivity index (χ1) is 6.24. The molecule has 8 nitrogen and oxygen atoms in total. The zero-order chi connectivity index (χ0) is 9.68. The van der Waals surface area contributed by atoms with Crippen LogP contribution in [0, 0.1) is 0 Å². The van der Waals surface area contributed by atoms with Crippen LogP contribution in [0.2, 0.25) is 0 Å². The minimum atomic E-state index is -0.634. The number of hydrazine groups is 1. The number of aromatic nitrogens is 2. The van der Waals surface area contributed by atoms with Crippen molar-refractivity contribution in [3.8, 4) is 0 Å². The van der Waals surface area contributed by atoms with E-state index in [1.807, 2.05) is 0 Å². The average molecular weight is 187 g/mol. The van der Waals surface area contributed by atoms with Gasteiger partial charge in [-0.2, -0.15) is 0 Å². The van der Waals surface area contributed by atoms with E-state index in [-0.39, 0.29) is 18.2 Å². The monoisotopic (exact) mass is 187 g/mol. The molecular formula is C5H9N5O3. The van der Waals surface area contributed by atoms with Crippen LogP contribution in [0.1, 0.15) is 6.92 Å². The van der Waals surface area contributed by atoms with Gasteiger partial charge in [-0.15, -0.1) is 0 Å². The second-order valence-electron chi connectivity index (χ2n) is 1.97. The molecule has 0 saturated heterocycles. The van der Waals surface area contributed by atoms with Crippen molar-refractivity contribution in [3.05, 3.63) is 0 Å². The van der Waals surface area contributed by atoms with E-state index in [1.165, 1.54) is 0 Å². The molecule has 0 saturated carbocycles. The number of carbonyl (C=O) groups is 1. The fourth-order valence-electron chi connectivity index (χ4n) is 0.559. The van der Waals surface area contributed by atoms with Gasteiger partial charge in [0, 0.05) is 0 Å². The van der Waals surface area contributed by atoms with Gasteiger partial charge < -0.3 is 10.5 Å². The third kappa shape index (κ3) is 2.51. The van der Waals surface area contributed by atoms with Gasteiger partial charge in [0.2, 0.25) is 11.6 Å². The molecule has 4 N–H and O–H groups in total. The first-order valence-electron chi connectivity index (χ1n) is 3.51. The zero-order valence-electron chi connectivity index (χ0n) is 6.90. The van der Waals surface area contributed by atoms with Gasteiger partial charge in [0.05, 0.1) is 6.61 Å². The number of carbonyl (C=O) groups excluding carboxylic acids is 1. The third-order valence-electron chi connectivity index (χ3n) is 1.07. The summed E-state index contributed by atoms with van der Waals surface area (Å²) in [5.74, 6) is 0.185. The number of amides is 1. The molecule has 0 aromatic carbocycles. The smallest absolute Gasteiger partial charge is 0.425 e. The molecule has 0 fully saturated rings. The zero-order valence-corrected chi connectivity index (χ0v) is 6.90. The number of hydrogen-bond acceptors (Lipinski definition) is 7. The number of hydrogen-bond donors (Lipinski definition) is 3. The second kappa shape index (κ2) is 4.14. The van der Waals surface area contributed by atoms with Crippen LogP contribution in [0.15, 0.2) is 4.63 Å². The van der Waals surface area contributed by atoms with Crippen LogP contribution in [0.5, 0.6) is 0 Å². The topological polar surface area (TPSA) is 115 Å². The molecule has 0 spiro atoms. The van der Waals surface area contributed by atoms with E-state index in [0.29, 0.717) is 0 Å². The summed E-state index contributed by atoms with van der Waals surface area (Å²) in [5.41, 5.74) is 9.81. The molecule has 0 aliphatic heterocycles. The van der Waals surface area contributed by atoms with Crippen molar-refractivity contribution < 1.29 is 14.2 Å². The van der Waals surface area contributed by atoms with Crippen molar-refractivity contribution >= 4 is 17.7 Å². The van der Waals surface area contributed by atoms with Gasteiger partial charge >= 0.3 is 6.09 Å². The van der Waals surface area contributed by atoms with Crippen LogP contribution in [0.3, 0.4) is 0 Å². The number of ether oxygens (including phenoxy) is 1. The van der Waals surface area contributed by atoms with Crippen molar-refractivity contribution in [2.75, 3.05) is 17.8 Å². The molecule has 0 bridgehead atoms. The molecule has 0 unspecified atom stereocenters. The quantitative estimate of drug-likeness (QED) is 0.557. The molecule has 0 radical (unpaired) electrons. The van der Waals surface area contributed by atoms with Gasteiger partial charge in [-0.25, -0.2) is 14.8 Å². The first kappa shape index (κ1) is 9.10. The van der Waals surface area contributed by atoms with Gasteiger partial charge in [0.15, 0.2) is 0 Å². The summed E-state index contributed by atoms with van der Waals surface area (Å²) < 4.78 is 8.81. The lowest BCUT2D eigenvalue weighted by atomic mass is 10.7. The number of nitrogen functional groups attached to an aromatic ring is 1. The molecule has 1 heterocycles. The fourth-order valence-corrected chi connectivity index (χ4v) is 0.559. The summed E-state index contributed by atoms with van der Waals surface area (Å²) in [6, 6.07) is 0. The maximum atomic E-state index is 10.7. The van der Waals surface area contributed by atoms with Crippen molar-refractivity contribution in [2.24, 2.45) is 0 Å². The Labute approximate surface area is 73.3 Å². The first-order valence-corrected chi connectivity index (χ1v) is 3.51. The number of anilines is 2. The molecule has 1 rings (SSSR count). The SMILES string of the molecule is CCOC(=O)NNc1nonc1N. The Morgan fingerprint density at radius 2 is 2.46 bits per heavy atom. The van der Waals surface area contributed by atoms with Crippen molar-refractivity contribution in [2.45, 2.75) is 6.92 Å². The van der Waals surface area contributed by atoms with Gasteiger partial charge in [-0.05, 0) is 17.2 Å². The van der Waals surface area contributed by atoms with Crippen LogP contribution >= 0.6 is 0 Å². The van der Waals surface area contributed by atoms with E-state index in [2.05, 4.69) is 30.5 Å². The summed E-state index contributed by atoms with van der Waals surface area (Å²) in [7, 11) is 0. The van der Waals surface area contributed by atoms with Crippen LogP contribution < -0.4 is 16.6 Å². The van der Waals surface area contributed by atoms with Gasteiger partial charge in [0.25, 0.3) is 0 Å². The van der Waals surface area contributed by atoms with E-state index >= 15 is 0 Å². The Morgan fingerprint density at radius 1 is 1.69 bits per heavy atom. The summed E-state index contributed by atoms with van der Waals surface area (Å²) in [6.07, 6.45) is -0.634. The van der Waals surface area contributed by atoms with E-state index < -0.39 is 6.09 Å². The molecule has 1 amide bonds. The number of nitrogens with two attached hydrogens (primary N) is 1. The van der Waals surface area contributed by atoms with Crippen LogP contribution in [0.25, 0.3) is 0 Å². The molecule has 0 aliphatic rings. The minimum Gasteiger partial charge on any atom is -0.449 e. The minimum absolute atomic E-state index is 0.0526. The van der Waals surface area contributed by atoms with Crippen LogP contribution in [0.4, 0.5) is 16.4 Å². The third-order valence-corrected chi connectivity index (χ3v) is 1.07. The number of nitrogens with zero attached hydrogens (tertiary/aromatic N) is 2. The Balaban J connectivity index is 2.35. The van der Waals surface area contributed by atoms with E-state index in [0.717, 1.165) is 0 Å². The Morgan fingerprint density at radius 3 is 3.00 bits per heavy atom. The fraction of sp³-hybridized carbons (Fsp3) is 0.400. The molecule has 1 aromatic heterocycles. The van der Waals surface area contributed by atoms with Crippen LogP contribution in [-0.2, 0) is 4.74 Å². The molecule has 8 heteroatoms. The second-order valence-corrected chi connectivity index (χ2v) is 1.97. The Kier molecular flexibility index (Phi) is 2.90. The lowest BCUT2D eigenvalue weighted by Gasteiger charge is -2.04. The summed E-state index contributed by atoms with van der Waals surface area (Å²) in [5, 5.41) is 6.63. The normalized spacial score (nSPS) is 9.31. The number of nitrogens with one attached hydrogen (secondary N) is 2. The molecule has 13 heavy (non-hydrogen) atoms. The predicted molar refractivity (Wildman–Crippen MR) is 42.5 cm³/mol. The molecule has 0 aliphatic carbocycles. The maximum absolute atomic E-state index is 10.7. The number of rotatable bonds is 3. The molecular weight excluding hydrogens is 178 g/mol. The van der Waals surface area contributed by atoms with E-state index in [1.54, 1.807) is 6.92 Å². The summed E-state index contributed by atoms with van der Waals surface area (Å²) >= 11 is 0. The van der Waals surface area contributed by atoms with Crippen molar-refractivity contribution in [3.63, 3.8) is 0 Å². The van der Waals surface area contributed by atoms with Crippen molar-refractivity contribution in [1.29, 1.82) is 0 Å². The lowest BCUT2D eigenvalue weighted by Crippen LogP contribution is -2.30. The predicted octanol–water partition coefficient (Wildman–Crippen LogP) is -0.275. The highest BCUT2D eigenvalue weighted by Crippen LogP contribution is 2.08. The Bertz CT molecular complexity index is 285. The van der Waals surface area contributed by atoms with Crippen molar-refractivity contribution in [1.82, 2.24) is 15.7 Å². The van der Waals surface area contributed by atoms with E-state index in [4.69, 9.17) is 5.73 Å². The lowest BCUT2D eigenvalue weighted by molar-refractivity contribution is 0.154. The standard InChI is InChI=1S/C5H9N5O3/c1-2-12-5(11)8-7-4-3(6)9-13-10-4/h2H2,1H3,(H2,6,9)(H,7,10)(H,8,11). The molecule has 0 atom stereocenters.